The molecule has 1 atom stereocenters. The molecule has 3 heteroatoms. The Labute approximate surface area is 91.6 Å². The summed E-state index contributed by atoms with van der Waals surface area (Å²) in [6.45, 7) is 0. The van der Waals surface area contributed by atoms with Gasteiger partial charge in [-0.25, -0.2) is 4.21 Å². The van der Waals surface area contributed by atoms with E-state index in [-0.39, 0.29) is 0 Å². The highest BCUT2D eigenvalue weighted by Crippen LogP contribution is 2.29. The molecule has 0 aliphatic heterocycles. The third-order valence-corrected chi connectivity index (χ3v) is 3.15. The van der Waals surface area contributed by atoms with Crippen LogP contribution in [0.3, 0.4) is 0 Å². The molecule has 0 spiro atoms. The molecule has 1 unspecified atom stereocenters. The van der Waals surface area contributed by atoms with E-state index in [4.69, 9.17) is 0 Å². The van der Waals surface area contributed by atoms with Gasteiger partial charge in [0.25, 0.3) is 0 Å². The zero-order chi connectivity index (χ0) is 10.7. The van der Waals surface area contributed by atoms with Gasteiger partial charge in [0.2, 0.25) is 0 Å². The molecule has 0 amide bonds. The van der Waals surface area contributed by atoms with E-state index in [1.54, 1.807) is 0 Å². The molecule has 1 N–H and O–H groups in total. The van der Waals surface area contributed by atoms with E-state index < -0.39 is 11.1 Å². The Bertz CT molecular complexity index is 432. The molecule has 78 valence electrons. The molecule has 15 heavy (non-hydrogen) atoms. The lowest BCUT2D eigenvalue weighted by atomic mass is 9.99. The van der Waals surface area contributed by atoms with Crippen LogP contribution in [-0.2, 0) is 11.1 Å². The third-order valence-electron chi connectivity index (χ3n) is 2.38. The average Bonchev–Trinajstić information content (AvgIpc) is 2.30. The van der Waals surface area contributed by atoms with Crippen LogP contribution in [0.5, 0.6) is 0 Å². The molecular weight excluding hydrogens is 208 g/mol. The normalized spacial score (nSPS) is 17.9. The largest absolute Gasteiger partial charge is 0.302 e. The Hall–Kier alpha value is -1.19. The van der Waals surface area contributed by atoms with Gasteiger partial charge in [-0.2, -0.15) is 0 Å². The lowest BCUT2D eigenvalue weighted by Crippen LogP contribution is -2.00. The maximum Gasteiger partial charge on any atom is 0.186 e. The maximum absolute atomic E-state index is 11.1. The summed E-state index contributed by atoms with van der Waals surface area (Å²) >= 11 is -1.89. The minimum Gasteiger partial charge on any atom is -0.302 e. The zero-order valence-electron chi connectivity index (χ0n) is 8.22. The molecule has 0 saturated heterocycles. The predicted octanol–water partition coefficient (Wildman–Crippen LogP) is 2.97. The third kappa shape index (κ3) is 2.25. The molecule has 0 fully saturated rings. The van der Waals surface area contributed by atoms with Gasteiger partial charge < -0.3 is 4.55 Å². The van der Waals surface area contributed by atoms with Crippen molar-refractivity contribution in [2.45, 2.75) is 12.8 Å². The summed E-state index contributed by atoms with van der Waals surface area (Å²) in [5.41, 5.74) is 1.90. The number of allylic oxidation sites excluding steroid dienone is 3. The van der Waals surface area contributed by atoms with Crippen molar-refractivity contribution in [2.24, 2.45) is 0 Å². The highest BCUT2D eigenvalue weighted by Gasteiger charge is 2.15. The Morgan fingerprint density at radius 1 is 1.07 bits per heavy atom. The van der Waals surface area contributed by atoms with Crippen molar-refractivity contribution >= 4 is 16.7 Å². The van der Waals surface area contributed by atoms with Gasteiger partial charge in [-0.15, -0.1) is 0 Å². The summed E-state index contributed by atoms with van der Waals surface area (Å²) in [5, 5.41) is 0. The molecule has 0 heterocycles. The van der Waals surface area contributed by atoms with E-state index in [0.29, 0.717) is 4.91 Å². The van der Waals surface area contributed by atoms with Gasteiger partial charge in [-0.3, -0.25) is 0 Å². The fourth-order valence-electron chi connectivity index (χ4n) is 1.70. The summed E-state index contributed by atoms with van der Waals surface area (Å²) in [5.74, 6) is 0. The topological polar surface area (TPSA) is 37.3 Å². The summed E-state index contributed by atoms with van der Waals surface area (Å²) in [6, 6.07) is 9.72. The van der Waals surface area contributed by atoms with Crippen molar-refractivity contribution in [1.82, 2.24) is 0 Å². The van der Waals surface area contributed by atoms with Crippen molar-refractivity contribution in [3.8, 4) is 0 Å². The first kappa shape index (κ1) is 10.3. The average molecular weight is 220 g/mol. The van der Waals surface area contributed by atoms with E-state index in [9.17, 15) is 8.76 Å². The molecule has 1 aliphatic rings. The Morgan fingerprint density at radius 3 is 2.40 bits per heavy atom. The van der Waals surface area contributed by atoms with Crippen LogP contribution in [0.25, 0.3) is 5.57 Å². The molecule has 1 aliphatic carbocycles. The number of rotatable bonds is 2. The van der Waals surface area contributed by atoms with Crippen LogP contribution in [0.2, 0.25) is 0 Å². The first-order valence-corrected chi connectivity index (χ1v) is 5.96. The Kier molecular flexibility index (Phi) is 3.14. The summed E-state index contributed by atoms with van der Waals surface area (Å²) in [4.78, 5) is 0.535. The second-order valence-electron chi connectivity index (χ2n) is 3.38. The molecule has 2 nitrogen and oxygen atoms in total. The Balaban J connectivity index is 2.40. The lowest BCUT2D eigenvalue weighted by Gasteiger charge is -2.13. The molecule has 0 aromatic heterocycles. The maximum atomic E-state index is 11.1. The second-order valence-corrected chi connectivity index (χ2v) is 4.32. The minimum absolute atomic E-state index is 0.535. The number of benzene rings is 1. The molecule has 0 bridgehead atoms. The van der Waals surface area contributed by atoms with E-state index in [2.05, 4.69) is 0 Å². The van der Waals surface area contributed by atoms with E-state index in [0.717, 1.165) is 24.0 Å². The van der Waals surface area contributed by atoms with Gasteiger partial charge in [-0.05, 0) is 24.0 Å². The van der Waals surface area contributed by atoms with Crippen LogP contribution >= 0.6 is 0 Å². The zero-order valence-corrected chi connectivity index (χ0v) is 9.04. The van der Waals surface area contributed by atoms with Crippen LogP contribution in [0.4, 0.5) is 0 Å². The van der Waals surface area contributed by atoms with Crippen LogP contribution in [0, 0.1) is 0 Å². The summed E-state index contributed by atoms with van der Waals surface area (Å²) in [6.07, 6.45) is 5.65. The SMILES string of the molecule is O=S(O)C1=CCCC=C1c1ccccc1. The van der Waals surface area contributed by atoms with Crippen molar-refractivity contribution in [2.75, 3.05) is 0 Å². The fourth-order valence-corrected chi connectivity index (χ4v) is 2.35. The van der Waals surface area contributed by atoms with Gasteiger partial charge in [0.1, 0.15) is 0 Å². The molecule has 0 radical (unpaired) electrons. The highest BCUT2D eigenvalue weighted by molar-refractivity contribution is 7.84. The van der Waals surface area contributed by atoms with Crippen LogP contribution in [0.15, 0.2) is 47.4 Å². The number of hydrogen-bond donors (Lipinski definition) is 1. The first-order chi connectivity index (χ1) is 7.29. The van der Waals surface area contributed by atoms with E-state index in [1.165, 1.54) is 0 Å². The van der Waals surface area contributed by atoms with Crippen molar-refractivity contribution in [3.05, 3.63) is 53.0 Å². The predicted molar refractivity (Wildman–Crippen MR) is 62.5 cm³/mol. The summed E-state index contributed by atoms with van der Waals surface area (Å²) in [7, 11) is 0. The standard InChI is InChI=1S/C12H12O2S/c13-15(14)12-9-5-4-8-11(12)10-6-2-1-3-7-10/h1-3,6-9H,4-5H2,(H,13,14). The van der Waals surface area contributed by atoms with Gasteiger partial charge in [0.15, 0.2) is 11.1 Å². The van der Waals surface area contributed by atoms with E-state index >= 15 is 0 Å². The molecule has 1 aromatic rings. The molecular formula is C12H12O2S. The first-order valence-electron chi connectivity index (χ1n) is 4.86. The number of hydrogen-bond acceptors (Lipinski definition) is 1. The highest BCUT2D eigenvalue weighted by atomic mass is 32.2. The van der Waals surface area contributed by atoms with Crippen molar-refractivity contribution in [1.29, 1.82) is 0 Å². The van der Waals surface area contributed by atoms with Crippen LogP contribution < -0.4 is 0 Å². The van der Waals surface area contributed by atoms with Crippen LogP contribution in [-0.4, -0.2) is 8.76 Å². The fraction of sp³-hybridized carbons (Fsp3) is 0.167. The van der Waals surface area contributed by atoms with Gasteiger partial charge in [-0.1, -0.05) is 42.5 Å². The molecule has 2 rings (SSSR count). The lowest BCUT2D eigenvalue weighted by molar-refractivity contribution is 0.572. The van der Waals surface area contributed by atoms with Gasteiger partial charge in [0, 0.05) is 0 Å². The van der Waals surface area contributed by atoms with Crippen molar-refractivity contribution in [3.63, 3.8) is 0 Å². The van der Waals surface area contributed by atoms with E-state index in [1.807, 2.05) is 42.5 Å². The molecule has 1 aromatic carbocycles. The second kappa shape index (κ2) is 4.55. The monoisotopic (exact) mass is 220 g/mol. The minimum atomic E-state index is -1.89. The quantitative estimate of drug-likeness (QED) is 0.778. The van der Waals surface area contributed by atoms with Crippen molar-refractivity contribution < 1.29 is 8.76 Å². The summed E-state index contributed by atoms with van der Waals surface area (Å²) < 4.78 is 20.3. The smallest absolute Gasteiger partial charge is 0.186 e. The van der Waals surface area contributed by atoms with Gasteiger partial charge in [0.05, 0.1) is 4.91 Å². The van der Waals surface area contributed by atoms with Gasteiger partial charge >= 0.3 is 0 Å². The molecule has 0 saturated carbocycles. The van der Waals surface area contributed by atoms with Crippen LogP contribution in [0.1, 0.15) is 18.4 Å². The Morgan fingerprint density at radius 2 is 1.73 bits per heavy atom.